The second-order valence-electron chi connectivity index (χ2n) is 5.92. The lowest BCUT2D eigenvalue weighted by atomic mass is 10.1. The van der Waals surface area contributed by atoms with Crippen LogP contribution in [0.4, 0.5) is 9.18 Å². The molecule has 2 rings (SSSR count). The van der Waals surface area contributed by atoms with Crippen molar-refractivity contribution in [3.8, 4) is 0 Å². The number of benzene rings is 1. The monoisotopic (exact) mass is 307 g/mol. The van der Waals surface area contributed by atoms with Crippen LogP contribution in [0.5, 0.6) is 0 Å². The summed E-state index contributed by atoms with van der Waals surface area (Å²) in [5.74, 6) is -0.910. The molecule has 0 spiro atoms. The van der Waals surface area contributed by atoms with Gasteiger partial charge in [0, 0.05) is 11.6 Å². The number of aromatic nitrogens is 1. The minimum absolute atomic E-state index is 0.00553. The zero-order valence-corrected chi connectivity index (χ0v) is 13.0. The number of carbonyl (C=O) groups is 2. The van der Waals surface area contributed by atoms with Crippen LogP contribution in [0, 0.1) is 5.82 Å². The minimum Gasteiger partial charge on any atom is -0.469 e. The Bertz CT molecular complexity index is 728. The van der Waals surface area contributed by atoms with Crippen molar-refractivity contribution in [2.45, 2.75) is 32.8 Å². The van der Waals surface area contributed by atoms with Gasteiger partial charge in [0.2, 0.25) is 0 Å². The van der Waals surface area contributed by atoms with Gasteiger partial charge in [0.15, 0.2) is 0 Å². The van der Waals surface area contributed by atoms with Crippen LogP contribution < -0.4 is 0 Å². The van der Waals surface area contributed by atoms with E-state index < -0.39 is 23.5 Å². The molecule has 1 aromatic heterocycles. The number of carbonyl (C=O) groups excluding carboxylic acids is 2. The fraction of sp³-hybridized carbons (Fsp3) is 0.375. The number of hydrogen-bond acceptors (Lipinski definition) is 4. The van der Waals surface area contributed by atoms with Gasteiger partial charge in [0.25, 0.3) is 0 Å². The number of ether oxygens (including phenoxy) is 2. The number of methoxy groups -OCH3 is 1. The van der Waals surface area contributed by atoms with Crippen LogP contribution in [0.15, 0.2) is 24.4 Å². The zero-order chi connectivity index (χ0) is 16.5. The summed E-state index contributed by atoms with van der Waals surface area (Å²) in [6.07, 6.45) is 0.850. The van der Waals surface area contributed by atoms with Crippen molar-refractivity contribution in [3.63, 3.8) is 0 Å². The average molecular weight is 307 g/mol. The first-order valence-corrected chi connectivity index (χ1v) is 6.81. The van der Waals surface area contributed by atoms with E-state index in [2.05, 4.69) is 4.74 Å². The number of halogens is 1. The van der Waals surface area contributed by atoms with Crippen molar-refractivity contribution in [2.75, 3.05) is 7.11 Å². The number of esters is 1. The molecule has 0 fully saturated rings. The highest BCUT2D eigenvalue weighted by molar-refractivity contribution is 5.94. The maximum absolute atomic E-state index is 13.5. The molecule has 0 saturated carbocycles. The van der Waals surface area contributed by atoms with E-state index in [0.29, 0.717) is 16.5 Å². The third-order valence-electron chi connectivity index (χ3n) is 3.00. The highest BCUT2D eigenvalue weighted by atomic mass is 19.1. The van der Waals surface area contributed by atoms with Crippen LogP contribution in [0.2, 0.25) is 0 Å². The first-order valence-electron chi connectivity index (χ1n) is 6.81. The SMILES string of the molecule is COC(=O)Cc1cn(C(=O)OC(C)(C)C)c2cc(F)ccc12. The molecule has 0 saturated heterocycles. The van der Waals surface area contributed by atoms with E-state index in [0.717, 1.165) is 0 Å². The van der Waals surface area contributed by atoms with E-state index >= 15 is 0 Å². The van der Waals surface area contributed by atoms with Crippen molar-refractivity contribution in [2.24, 2.45) is 0 Å². The van der Waals surface area contributed by atoms with Crippen LogP contribution in [-0.2, 0) is 20.7 Å². The molecule has 6 heteroatoms. The van der Waals surface area contributed by atoms with Gasteiger partial charge in [-0.05, 0) is 44.5 Å². The molecule has 0 bridgehead atoms. The van der Waals surface area contributed by atoms with Gasteiger partial charge in [-0.15, -0.1) is 0 Å². The normalized spacial score (nSPS) is 11.5. The Morgan fingerprint density at radius 2 is 1.95 bits per heavy atom. The van der Waals surface area contributed by atoms with E-state index in [9.17, 15) is 14.0 Å². The van der Waals surface area contributed by atoms with Crippen LogP contribution >= 0.6 is 0 Å². The second kappa shape index (κ2) is 5.79. The summed E-state index contributed by atoms with van der Waals surface area (Å²) in [5.41, 5.74) is 0.254. The minimum atomic E-state index is -0.677. The zero-order valence-electron chi connectivity index (χ0n) is 13.0. The molecule has 0 radical (unpaired) electrons. The van der Waals surface area contributed by atoms with Crippen LogP contribution in [0.25, 0.3) is 10.9 Å². The van der Waals surface area contributed by atoms with Gasteiger partial charge >= 0.3 is 12.1 Å². The molecule has 0 amide bonds. The molecule has 0 aliphatic heterocycles. The lowest BCUT2D eigenvalue weighted by molar-refractivity contribution is -0.139. The molecular weight excluding hydrogens is 289 g/mol. The third-order valence-corrected chi connectivity index (χ3v) is 3.00. The van der Waals surface area contributed by atoms with Crippen molar-refractivity contribution in [1.29, 1.82) is 0 Å². The number of nitrogens with zero attached hydrogens (tertiary/aromatic N) is 1. The van der Waals surface area contributed by atoms with Gasteiger partial charge in [-0.25, -0.2) is 9.18 Å². The lowest BCUT2D eigenvalue weighted by Crippen LogP contribution is -2.26. The first kappa shape index (κ1) is 16.0. The molecule has 0 N–H and O–H groups in total. The Balaban J connectivity index is 2.51. The predicted octanol–water partition coefficient (Wildman–Crippen LogP) is 3.28. The molecule has 1 aromatic carbocycles. The smallest absolute Gasteiger partial charge is 0.419 e. The molecule has 0 unspecified atom stereocenters. The lowest BCUT2D eigenvalue weighted by Gasteiger charge is -2.19. The summed E-state index contributed by atoms with van der Waals surface area (Å²) in [7, 11) is 1.29. The highest BCUT2D eigenvalue weighted by Gasteiger charge is 2.21. The van der Waals surface area contributed by atoms with Crippen molar-refractivity contribution < 1.29 is 23.5 Å². The maximum Gasteiger partial charge on any atom is 0.419 e. The fourth-order valence-corrected chi connectivity index (χ4v) is 2.10. The number of hydrogen-bond donors (Lipinski definition) is 0. The molecular formula is C16H18FNO4. The highest BCUT2D eigenvalue weighted by Crippen LogP contribution is 2.24. The van der Waals surface area contributed by atoms with Crippen molar-refractivity contribution in [1.82, 2.24) is 4.57 Å². The van der Waals surface area contributed by atoms with Gasteiger partial charge in [-0.1, -0.05) is 0 Å². The first-order chi connectivity index (χ1) is 10.2. The van der Waals surface area contributed by atoms with E-state index in [1.54, 1.807) is 20.8 Å². The van der Waals surface area contributed by atoms with Crippen molar-refractivity contribution >= 4 is 23.0 Å². The third kappa shape index (κ3) is 3.44. The Morgan fingerprint density at radius 1 is 1.27 bits per heavy atom. The largest absolute Gasteiger partial charge is 0.469 e. The summed E-state index contributed by atoms with van der Waals surface area (Å²) < 4.78 is 24.6. The van der Waals surface area contributed by atoms with Crippen LogP contribution in [0.3, 0.4) is 0 Å². The maximum atomic E-state index is 13.5. The summed E-state index contributed by atoms with van der Waals surface area (Å²) in [4.78, 5) is 23.7. The quantitative estimate of drug-likeness (QED) is 0.799. The Labute approximate surface area is 127 Å². The molecule has 5 nitrogen and oxygen atoms in total. The topological polar surface area (TPSA) is 57.5 Å². The van der Waals surface area contributed by atoms with Gasteiger partial charge in [-0.2, -0.15) is 0 Å². The predicted molar refractivity (Wildman–Crippen MR) is 79.2 cm³/mol. The Kier molecular flexibility index (Phi) is 4.21. The van der Waals surface area contributed by atoms with Gasteiger partial charge in [0.05, 0.1) is 19.0 Å². The molecule has 2 aromatic rings. The summed E-state index contributed by atoms with van der Waals surface area (Å²) in [6.45, 7) is 5.23. The molecule has 0 aliphatic rings. The van der Waals surface area contributed by atoms with Crippen LogP contribution in [0.1, 0.15) is 26.3 Å². The average Bonchev–Trinajstić information content (AvgIpc) is 2.74. The molecule has 1 heterocycles. The molecule has 22 heavy (non-hydrogen) atoms. The number of rotatable bonds is 2. The summed E-state index contributed by atoms with van der Waals surface area (Å²) in [5, 5.41) is 0.609. The Morgan fingerprint density at radius 3 is 2.55 bits per heavy atom. The number of fused-ring (bicyclic) bond motifs is 1. The molecule has 0 atom stereocenters. The van der Waals surface area contributed by atoms with Crippen molar-refractivity contribution in [3.05, 3.63) is 35.8 Å². The summed E-state index contributed by atoms with van der Waals surface area (Å²) in [6, 6.07) is 4.05. The fourth-order valence-electron chi connectivity index (χ4n) is 2.10. The van der Waals surface area contributed by atoms with Gasteiger partial charge in [-0.3, -0.25) is 9.36 Å². The van der Waals surface area contributed by atoms with E-state index in [4.69, 9.17) is 4.74 Å². The standard InChI is InChI=1S/C16H18FNO4/c1-16(2,3)22-15(20)18-9-10(7-14(19)21-4)12-6-5-11(17)8-13(12)18/h5-6,8-9H,7H2,1-4H3. The Hall–Kier alpha value is -2.37. The van der Waals surface area contributed by atoms with Crippen LogP contribution in [-0.4, -0.2) is 29.3 Å². The summed E-state index contributed by atoms with van der Waals surface area (Å²) >= 11 is 0. The molecule has 0 aliphatic carbocycles. The molecule has 118 valence electrons. The van der Waals surface area contributed by atoms with Gasteiger partial charge < -0.3 is 9.47 Å². The van der Waals surface area contributed by atoms with Gasteiger partial charge in [0.1, 0.15) is 11.4 Å². The van der Waals surface area contributed by atoms with E-state index in [1.807, 2.05) is 0 Å². The second-order valence-corrected chi connectivity index (χ2v) is 5.92. The van der Waals surface area contributed by atoms with E-state index in [1.165, 1.54) is 36.1 Å². The van der Waals surface area contributed by atoms with E-state index in [-0.39, 0.29) is 6.42 Å².